The largest absolute Gasteiger partial charge is 0.488 e. The lowest BCUT2D eigenvalue weighted by Gasteiger charge is -2.21. The molecule has 1 saturated carbocycles. The molecule has 94 valence electrons. The summed E-state index contributed by atoms with van der Waals surface area (Å²) >= 11 is 0. The highest BCUT2D eigenvalue weighted by atomic mass is 19.4. The van der Waals surface area contributed by atoms with Gasteiger partial charge in [-0.25, -0.2) is 4.98 Å². The van der Waals surface area contributed by atoms with Gasteiger partial charge in [0.15, 0.2) is 5.69 Å². The molecule has 0 saturated heterocycles. The zero-order valence-corrected chi connectivity index (χ0v) is 9.58. The van der Waals surface area contributed by atoms with Crippen molar-refractivity contribution < 1.29 is 17.9 Å². The van der Waals surface area contributed by atoms with Crippen molar-refractivity contribution in [3.05, 3.63) is 18.0 Å². The van der Waals surface area contributed by atoms with Crippen LogP contribution in [0.1, 0.15) is 18.5 Å². The first kappa shape index (κ1) is 12.0. The van der Waals surface area contributed by atoms with E-state index in [1.165, 1.54) is 11.0 Å². The van der Waals surface area contributed by atoms with E-state index in [1.807, 2.05) is 0 Å². The zero-order valence-electron chi connectivity index (χ0n) is 9.58. The fraction of sp³-hybridized carbons (Fsp3) is 0.545. The maximum Gasteiger partial charge on any atom is 0.435 e. The van der Waals surface area contributed by atoms with Gasteiger partial charge in [-0.15, -0.1) is 0 Å². The third kappa shape index (κ3) is 2.62. The van der Waals surface area contributed by atoms with Gasteiger partial charge in [-0.1, -0.05) is 0 Å². The van der Waals surface area contributed by atoms with Gasteiger partial charge in [0.1, 0.15) is 11.4 Å². The Labute approximate surface area is 97.2 Å². The molecule has 3 nitrogen and oxygen atoms in total. The molecule has 0 aromatic carbocycles. The highest BCUT2D eigenvalue weighted by Crippen LogP contribution is 2.41. The number of aromatic nitrogens is 1. The van der Waals surface area contributed by atoms with Gasteiger partial charge in [-0.3, -0.25) is 0 Å². The van der Waals surface area contributed by atoms with Gasteiger partial charge in [-0.2, -0.15) is 13.2 Å². The number of alkyl halides is 3. The molecule has 0 aliphatic heterocycles. The normalized spacial score (nSPS) is 15.8. The van der Waals surface area contributed by atoms with Crippen molar-refractivity contribution in [2.75, 3.05) is 19.0 Å². The fourth-order valence-corrected chi connectivity index (χ4v) is 1.54. The second kappa shape index (κ2) is 4.09. The summed E-state index contributed by atoms with van der Waals surface area (Å²) in [6, 6.07) is 1.48. The van der Waals surface area contributed by atoms with E-state index < -0.39 is 11.9 Å². The van der Waals surface area contributed by atoms with Gasteiger partial charge < -0.3 is 9.64 Å². The van der Waals surface area contributed by atoms with E-state index in [1.54, 1.807) is 14.1 Å². The summed E-state index contributed by atoms with van der Waals surface area (Å²) < 4.78 is 43.9. The third-order valence-electron chi connectivity index (χ3n) is 2.42. The molecular weight excluding hydrogens is 233 g/mol. The molecule has 2 rings (SSSR count). The molecule has 1 aromatic rings. The van der Waals surface area contributed by atoms with Gasteiger partial charge in [0, 0.05) is 26.4 Å². The number of hydrogen-bond donors (Lipinski definition) is 0. The first-order valence-corrected chi connectivity index (χ1v) is 5.30. The van der Waals surface area contributed by atoms with Crippen molar-refractivity contribution >= 4 is 5.69 Å². The molecule has 0 radical (unpaired) electrons. The first-order chi connectivity index (χ1) is 7.89. The van der Waals surface area contributed by atoms with Gasteiger partial charge in [0.05, 0.1) is 6.10 Å². The lowest BCUT2D eigenvalue weighted by Crippen LogP contribution is -2.19. The van der Waals surface area contributed by atoms with Crippen molar-refractivity contribution in [1.29, 1.82) is 0 Å². The summed E-state index contributed by atoms with van der Waals surface area (Å²) in [4.78, 5) is 4.80. The minimum atomic E-state index is -4.47. The second-order valence-electron chi connectivity index (χ2n) is 4.22. The van der Waals surface area contributed by atoms with Crippen LogP contribution in [0.2, 0.25) is 0 Å². The molecule has 0 unspecified atom stereocenters. The molecule has 1 aliphatic carbocycles. The summed E-state index contributed by atoms with van der Waals surface area (Å²) in [5.74, 6) is 0.250. The van der Waals surface area contributed by atoms with Crippen LogP contribution in [-0.4, -0.2) is 25.2 Å². The van der Waals surface area contributed by atoms with Gasteiger partial charge in [0.25, 0.3) is 0 Å². The lowest BCUT2D eigenvalue weighted by atomic mass is 10.2. The SMILES string of the molecule is CN(C)c1c(OC2CC2)ccnc1C(F)(F)F. The molecule has 0 bridgehead atoms. The number of rotatable bonds is 3. The standard InChI is InChI=1S/C11H13F3N2O/c1-16(2)9-8(17-7-3-4-7)5-6-15-10(9)11(12,13)14/h5-7H,3-4H2,1-2H3. The molecule has 1 heterocycles. The van der Waals surface area contributed by atoms with E-state index in [2.05, 4.69) is 4.98 Å². The van der Waals surface area contributed by atoms with E-state index in [4.69, 9.17) is 4.74 Å². The Balaban J connectivity index is 2.44. The lowest BCUT2D eigenvalue weighted by molar-refractivity contribution is -0.140. The summed E-state index contributed by atoms with van der Waals surface area (Å²) in [7, 11) is 3.10. The molecule has 0 spiro atoms. The Hall–Kier alpha value is -1.46. The molecule has 0 atom stereocenters. The number of nitrogens with zero attached hydrogens (tertiary/aromatic N) is 2. The maximum atomic E-state index is 12.8. The minimum absolute atomic E-state index is 0.00750. The van der Waals surface area contributed by atoms with Crippen LogP contribution in [0.4, 0.5) is 18.9 Å². The average Bonchev–Trinajstić information content (AvgIpc) is 2.99. The van der Waals surface area contributed by atoms with Crippen molar-refractivity contribution in [1.82, 2.24) is 4.98 Å². The van der Waals surface area contributed by atoms with Gasteiger partial charge in [0.2, 0.25) is 0 Å². The number of pyridine rings is 1. The number of hydrogen-bond acceptors (Lipinski definition) is 3. The van der Waals surface area contributed by atoms with Crippen molar-refractivity contribution in [2.45, 2.75) is 25.1 Å². The van der Waals surface area contributed by atoms with Gasteiger partial charge >= 0.3 is 6.18 Å². The van der Waals surface area contributed by atoms with Crippen LogP contribution in [0.15, 0.2) is 12.3 Å². The van der Waals surface area contributed by atoms with Gasteiger partial charge in [-0.05, 0) is 12.8 Å². The van der Waals surface area contributed by atoms with Crippen molar-refractivity contribution in [3.63, 3.8) is 0 Å². The summed E-state index contributed by atoms with van der Waals surface area (Å²) in [6.45, 7) is 0. The smallest absolute Gasteiger partial charge is 0.435 e. The maximum absolute atomic E-state index is 12.8. The molecule has 0 N–H and O–H groups in total. The van der Waals surface area contributed by atoms with Crippen LogP contribution < -0.4 is 9.64 Å². The summed E-state index contributed by atoms with van der Waals surface area (Å²) in [5, 5.41) is 0. The quantitative estimate of drug-likeness (QED) is 0.820. The topological polar surface area (TPSA) is 25.4 Å². The zero-order chi connectivity index (χ0) is 12.6. The molecule has 1 fully saturated rings. The number of halogens is 3. The Kier molecular flexibility index (Phi) is 2.89. The Bertz CT molecular complexity index is 414. The monoisotopic (exact) mass is 246 g/mol. The van der Waals surface area contributed by atoms with Crippen molar-refractivity contribution in [2.24, 2.45) is 0 Å². The predicted molar refractivity (Wildman–Crippen MR) is 57.2 cm³/mol. The first-order valence-electron chi connectivity index (χ1n) is 5.30. The molecule has 6 heteroatoms. The third-order valence-corrected chi connectivity index (χ3v) is 2.42. The van der Waals surface area contributed by atoms with E-state index in [9.17, 15) is 13.2 Å². The van der Waals surface area contributed by atoms with E-state index in [-0.39, 0.29) is 17.5 Å². The Morgan fingerprint density at radius 2 is 2.00 bits per heavy atom. The van der Waals surface area contributed by atoms with Crippen LogP contribution in [-0.2, 0) is 6.18 Å². The Morgan fingerprint density at radius 1 is 1.35 bits per heavy atom. The molecule has 1 aromatic heterocycles. The average molecular weight is 246 g/mol. The highest BCUT2D eigenvalue weighted by Gasteiger charge is 2.38. The molecule has 1 aliphatic rings. The van der Waals surface area contributed by atoms with Crippen LogP contribution in [0, 0.1) is 0 Å². The molecular formula is C11H13F3N2O. The Morgan fingerprint density at radius 3 is 2.47 bits per heavy atom. The number of ether oxygens (including phenoxy) is 1. The second-order valence-corrected chi connectivity index (χ2v) is 4.22. The van der Waals surface area contributed by atoms with E-state index >= 15 is 0 Å². The highest BCUT2D eigenvalue weighted by molar-refractivity contribution is 5.61. The van der Waals surface area contributed by atoms with Crippen molar-refractivity contribution in [3.8, 4) is 5.75 Å². The minimum Gasteiger partial charge on any atom is -0.488 e. The van der Waals surface area contributed by atoms with E-state index in [0.29, 0.717) is 0 Å². The molecule has 17 heavy (non-hydrogen) atoms. The number of anilines is 1. The summed E-state index contributed by atoms with van der Waals surface area (Å²) in [6.07, 6.45) is -1.49. The van der Waals surface area contributed by atoms with E-state index in [0.717, 1.165) is 19.0 Å². The van der Waals surface area contributed by atoms with Crippen LogP contribution in [0.3, 0.4) is 0 Å². The van der Waals surface area contributed by atoms with Crippen LogP contribution >= 0.6 is 0 Å². The predicted octanol–water partition coefficient (Wildman–Crippen LogP) is 2.71. The molecule has 0 amide bonds. The fourth-order valence-electron chi connectivity index (χ4n) is 1.54. The van der Waals surface area contributed by atoms with Crippen LogP contribution in [0.5, 0.6) is 5.75 Å². The van der Waals surface area contributed by atoms with Crippen LogP contribution in [0.25, 0.3) is 0 Å². The summed E-state index contributed by atoms with van der Waals surface area (Å²) in [5.41, 5.74) is -0.910.